The van der Waals surface area contributed by atoms with E-state index in [2.05, 4.69) is 15.0 Å². The van der Waals surface area contributed by atoms with Gasteiger partial charge in [0.1, 0.15) is 12.4 Å². The molecule has 1 N–H and O–H groups in total. The highest BCUT2D eigenvalue weighted by Crippen LogP contribution is 2.18. The van der Waals surface area contributed by atoms with Crippen LogP contribution >= 0.6 is 0 Å². The van der Waals surface area contributed by atoms with E-state index >= 15 is 0 Å². The molecule has 8 heteroatoms. The van der Waals surface area contributed by atoms with Crippen molar-refractivity contribution in [2.24, 2.45) is 0 Å². The second-order valence-electron chi connectivity index (χ2n) is 4.21. The van der Waals surface area contributed by atoms with Gasteiger partial charge < -0.3 is 14.8 Å². The molecule has 1 aromatic rings. The smallest absolute Gasteiger partial charge is 0.489 e. The maximum absolute atomic E-state index is 11.8. The van der Waals surface area contributed by atoms with Crippen LogP contribution in [0.1, 0.15) is 11.4 Å². The summed E-state index contributed by atoms with van der Waals surface area (Å²) < 4.78 is 49.4. The summed E-state index contributed by atoms with van der Waals surface area (Å²) in [6.45, 7) is 2.71. The molecule has 0 aliphatic carbocycles. The maximum atomic E-state index is 11.8. The van der Waals surface area contributed by atoms with Crippen LogP contribution in [0.25, 0.3) is 0 Å². The fraction of sp³-hybridized carbons (Fsp3) is 0.615. The van der Waals surface area contributed by atoms with E-state index < -0.39 is 13.0 Å². The molecule has 0 saturated carbocycles. The van der Waals surface area contributed by atoms with Gasteiger partial charge in [0.25, 0.3) is 0 Å². The first-order valence-electron chi connectivity index (χ1n) is 6.42. The van der Waals surface area contributed by atoms with Gasteiger partial charge >= 0.3 is 6.36 Å². The molecule has 0 aromatic carbocycles. The Balaban J connectivity index is 2.48. The van der Waals surface area contributed by atoms with Crippen LogP contribution in [0.5, 0.6) is 5.75 Å². The number of hydrogen-bond donors (Lipinski definition) is 1. The topological polar surface area (TPSA) is 52.6 Å². The number of aryl methyl sites for hydroxylation is 1. The summed E-state index contributed by atoms with van der Waals surface area (Å²) in [7, 11) is 1.60. The zero-order chi connectivity index (χ0) is 15.7. The number of aromatic nitrogens is 1. The lowest BCUT2D eigenvalue weighted by atomic mass is 10.3. The molecule has 0 unspecified atom stereocenters. The average Bonchev–Trinajstić information content (AvgIpc) is 2.40. The molecule has 1 heterocycles. The summed E-state index contributed by atoms with van der Waals surface area (Å²) in [5.41, 5.74) is 1.44. The molecule has 0 radical (unpaired) electrons. The number of methoxy groups -OCH3 is 1. The van der Waals surface area contributed by atoms with Crippen LogP contribution in [0.2, 0.25) is 0 Å². The summed E-state index contributed by atoms with van der Waals surface area (Å²) in [4.78, 5) is 4.31. The van der Waals surface area contributed by atoms with Crippen molar-refractivity contribution in [3.8, 4) is 5.75 Å². The van der Waals surface area contributed by atoms with Gasteiger partial charge in [0.15, 0.2) is 0 Å². The summed E-state index contributed by atoms with van der Waals surface area (Å²) in [6.07, 6.45) is -4.64. The van der Waals surface area contributed by atoms with E-state index in [0.717, 1.165) is 5.69 Å². The molecular formula is C13H19F3N2O3. The van der Waals surface area contributed by atoms with Crippen molar-refractivity contribution in [3.63, 3.8) is 0 Å². The van der Waals surface area contributed by atoms with E-state index in [1.807, 2.05) is 6.92 Å². The number of halogens is 3. The number of hydrogen-bond acceptors (Lipinski definition) is 5. The van der Waals surface area contributed by atoms with Crippen molar-refractivity contribution in [3.05, 3.63) is 23.5 Å². The fourth-order valence-electron chi connectivity index (χ4n) is 1.55. The minimum absolute atomic E-state index is 0.199. The van der Waals surface area contributed by atoms with Crippen LogP contribution in [-0.4, -0.2) is 44.8 Å². The summed E-state index contributed by atoms with van der Waals surface area (Å²) >= 11 is 0. The van der Waals surface area contributed by atoms with Crippen molar-refractivity contribution in [2.75, 3.05) is 33.5 Å². The quantitative estimate of drug-likeness (QED) is 0.708. The minimum Gasteiger partial charge on any atom is -0.489 e. The average molecular weight is 308 g/mol. The van der Waals surface area contributed by atoms with Gasteiger partial charge in [0, 0.05) is 25.9 Å². The highest BCUT2D eigenvalue weighted by atomic mass is 19.4. The van der Waals surface area contributed by atoms with Gasteiger partial charge in [-0.15, -0.1) is 13.2 Å². The van der Waals surface area contributed by atoms with Gasteiger partial charge in [0.2, 0.25) is 0 Å². The molecule has 120 valence electrons. The zero-order valence-electron chi connectivity index (χ0n) is 12.0. The van der Waals surface area contributed by atoms with E-state index in [1.165, 1.54) is 0 Å². The largest absolute Gasteiger partial charge is 0.522 e. The molecule has 0 fully saturated rings. The highest BCUT2D eigenvalue weighted by Gasteiger charge is 2.28. The summed E-state index contributed by atoms with van der Waals surface area (Å²) in [5, 5.41) is 3.11. The molecule has 5 nitrogen and oxygen atoms in total. The van der Waals surface area contributed by atoms with Gasteiger partial charge in [-0.1, -0.05) is 0 Å². The third kappa shape index (κ3) is 7.84. The molecule has 1 rings (SSSR count). The third-order valence-electron chi connectivity index (χ3n) is 2.45. The Morgan fingerprint density at radius 1 is 1.19 bits per heavy atom. The molecule has 0 bridgehead atoms. The van der Waals surface area contributed by atoms with E-state index in [-0.39, 0.29) is 6.61 Å². The van der Waals surface area contributed by atoms with Gasteiger partial charge in [0.05, 0.1) is 18.9 Å². The number of pyridine rings is 1. The number of nitrogens with one attached hydrogen (secondary N) is 1. The van der Waals surface area contributed by atoms with Gasteiger partial charge in [-0.3, -0.25) is 9.72 Å². The third-order valence-corrected chi connectivity index (χ3v) is 2.45. The molecule has 0 spiro atoms. The fourth-order valence-corrected chi connectivity index (χ4v) is 1.55. The van der Waals surface area contributed by atoms with Crippen molar-refractivity contribution < 1.29 is 27.4 Å². The molecular weight excluding hydrogens is 289 g/mol. The number of rotatable bonds is 9. The van der Waals surface area contributed by atoms with Crippen molar-refractivity contribution in [2.45, 2.75) is 19.8 Å². The Morgan fingerprint density at radius 3 is 2.62 bits per heavy atom. The van der Waals surface area contributed by atoms with Crippen LogP contribution in [-0.2, 0) is 16.0 Å². The lowest BCUT2D eigenvalue weighted by Gasteiger charge is -2.13. The van der Waals surface area contributed by atoms with Crippen molar-refractivity contribution in [1.29, 1.82) is 0 Å². The summed E-state index contributed by atoms with van der Waals surface area (Å²) in [6, 6.07) is 3.42. The molecule has 0 atom stereocenters. The summed E-state index contributed by atoms with van der Waals surface area (Å²) in [5.74, 6) is 0.441. The number of ether oxygens (including phenoxy) is 3. The number of nitrogens with zero attached hydrogens (tertiary/aromatic N) is 1. The maximum Gasteiger partial charge on any atom is 0.522 e. The Labute approximate surface area is 121 Å². The molecule has 0 saturated heterocycles. The first kappa shape index (κ1) is 17.7. The van der Waals surface area contributed by atoms with E-state index in [4.69, 9.17) is 9.47 Å². The molecule has 21 heavy (non-hydrogen) atoms. The zero-order valence-corrected chi connectivity index (χ0v) is 12.0. The predicted molar refractivity (Wildman–Crippen MR) is 70.1 cm³/mol. The van der Waals surface area contributed by atoms with Gasteiger partial charge in [-0.2, -0.15) is 0 Å². The Hall–Kier alpha value is -1.38. The molecule has 0 aliphatic heterocycles. The highest BCUT2D eigenvalue weighted by molar-refractivity contribution is 5.29. The van der Waals surface area contributed by atoms with Crippen molar-refractivity contribution in [1.82, 2.24) is 10.3 Å². The Bertz CT molecular complexity index is 428. The van der Waals surface area contributed by atoms with Crippen LogP contribution in [0.3, 0.4) is 0 Å². The Morgan fingerprint density at radius 2 is 1.95 bits per heavy atom. The lowest BCUT2D eigenvalue weighted by Crippen LogP contribution is -2.21. The molecule has 1 aromatic heterocycles. The molecule has 0 amide bonds. The second kappa shape index (κ2) is 8.81. The van der Waals surface area contributed by atoms with Gasteiger partial charge in [-0.05, 0) is 19.1 Å². The Kier molecular flexibility index (Phi) is 7.41. The standard InChI is InChI=1S/C13H19F3N2O3/c1-10-3-4-12(20-7-8-21-13(14,15)16)11(18-10)9-17-5-6-19-2/h3-4,17H,5-9H2,1-2H3. The van der Waals surface area contributed by atoms with Crippen LogP contribution in [0.4, 0.5) is 13.2 Å². The van der Waals surface area contributed by atoms with Crippen LogP contribution in [0.15, 0.2) is 12.1 Å². The van der Waals surface area contributed by atoms with E-state index in [0.29, 0.717) is 31.1 Å². The van der Waals surface area contributed by atoms with Crippen LogP contribution in [0, 0.1) is 6.92 Å². The lowest BCUT2D eigenvalue weighted by molar-refractivity contribution is -0.325. The van der Waals surface area contributed by atoms with Crippen molar-refractivity contribution >= 4 is 0 Å². The van der Waals surface area contributed by atoms with E-state index in [9.17, 15) is 13.2 Å². The predicted octanol–water partition coefficient (Wildman–Crippen LogP) is 2.04. The first-order valence-corrected chi connectivity index (χ1v) is 6.42. The first-order chi connectivity index (χ1) is 9.92. The normalized spacial score (nSPS) is 11.7. The minimum atomic E-state index is -4.64. The number of alkyl halides is 3. The SMILES string of the molecule is COCCNCc1nc(C)ccc1OCCOC(F)(F)F. The second-order valence-corrected chi connectivity index (χ2v) is 4.21. The van der Waals surface area contributed by atoms with Crippen LogP contribution < -0.4 is 10.1 Å². The van der Waals surface area contributed by atoms with Gasteiger partial charge in [-0.25, -0.2) is 0 Å². The monoisotopic (exact) mass is 308 g/mol. The van der Waals surface area contributed by atoms with E-state index in [1.54, 1.807) is 19.2 Å². The molecule has 0 aliphatic rings.